The van der Waals surface area contributed by atoms with Gasteiger partial charge in [0.2, 0.25) is 0 Å². The lowest BCUT2D eigenvalue weighted by molar-refractivity contribution is -0.144. The zero-order valence-electron chi connectivity index (χ0n) is 19.3. The third-order valence-electron chi connectivity index (χ3n) is 7.34. The highest BCUT2D eigenvalue weighted by molar-refractivity contribution is 5.90. The van der Waals surface area contributed by atoms with Gasteiger partial charge in [0, 0.05) is 66.0 Å². The van der Waals surface area contributed by atoms with Crippen LogP contribution in [0.3, 0.4) is 0 Å². The maximum absolute atomic E-state index is 12.6. The van der Waals surface area contributed by atoms with E-state index < -0.39 is 12.0 Å². The molecule has 0 amide bonds. The summed E-state index contributed by atoms with van der Waals surface area (Å²) in [6, 6.07) is 20.4. The van der Waals surface area contributed by atoms with E-state index in [0.717, 1.165) is 39.9 Å². The lowest BCUT2D eigenvalue weighted by atomic mass is 9.82. The molecule has 0 radical (unpaired) electrons. The zero-order valence-corrected chi connectivity index (χ0v) is 19.3. The van der Waals surface area contributed by atoms with Crippen molar-refractivity contribution in [3.05, 3.63) is 100 Å². The number of ether oxygens (including phenoxy) is 1. The molecule has 1 fully saturated rings. The zero-order chi connectivity index (χ0) is 23.9. The summed E-state index contributed by atoms with van der Waals surface area (Å²) in [7, 11) is 0. The number of aromatic nitrogens is 2. The van der Waals surface area contributed by atoms with Crippen molar-refractivity contribution >= 4 is 16.9 Å². The van der Waals surface area contributed by atoms with E-state index in [4.69, 9.17) is 4.74 Å². The summed E-state index contributed by atoms with van der Waals surface area (Å²) in [5.41, 5.74) is 3.74. The number of carboxylic acid groups (broad SMARTS) is 1. The number of carboxylic acids is 1. The van der Waals surface area contributed by atoms with Gasteiger partial charge >= 0.3 is 5.97 Å². The van der Waals surface area contributed by atoms with Gasteiger partial charge in [0.05, 0.1) is 0 Å². The first-order chi connectivity index (χ1) is 17.1. The van der Waals surface area contributed by atoms with Gasteiger partial charge in [-0.1, -0.05) is 36.4 Å². The minimum Gasteiger partial charge on any atom is -0.489 e. The maximum atomic E-state index is 12.6. The third kappa shape index (κ3) is 4.02. The van der Waals surface area contributed by atoms with E-state index in [1.807, 2.05) is 65.4 Å². The van der Waals surface area contributed by atoms with Crippen LogP contribution in [-0.2, 0) is 17.9 Å². The standard InChI is InChI=1S/C28H27N3O4/c32-26-8-4-7-25-20-11-19(15-31(25)26)14-30(16-20)27(28(33)34)23-13-29-24-12-21(9-10-22(23)24)35-17-18-5-2-1-3-6-18/h1-10,12-13,19-20,27,29H,11,14-17H2,(H,33,34)/t19-,20-,27-/m1/s1. The largest absolute Gasteiger partial charge is 0.489 e. The number of pyridine rings is 1. The summed E-state index contributed by atoms with van der Waals surface area (Å²) in [6.45, 7) is 2.38. The van der Waals surface area contributed by atoms with Crippen LogP contribution in [0.25, 0.3) is 10.9 Å². The lowest BCUT2D eigenvalue weighted by Gasteiger charge is -2.44. The van der Waals surface area contributed by atoms with Gasteiger partial charge < -0.3 is 19.4 Å². The Morgan fingerprint density at radius 1 is 1.06 bits per heavy atom. The SMILES string of the molecule is O=C(O)[C@@H](c1c[nH]c2cc(OCc3ccccc3)ccc12)N1C[C@H]2C[C@H](C1)c1cccc(=O)n1C2. The molecule has 0 spiro atoms. The van der Waals surface area contributed by atoms with Gasteiger partial charge in [0.25, 0.3) is 5.56 Å². The smallest absolute Gasteiger partial charge is 0.325 e. The van der Waals surface area contributed by atoms with Crippen LogP contribution in [0.15, 0.2) is 77.7 Å². The highest BCUT2D eigenvalue weighted by Crippen LogP contribution is 2.40. The van der Waals surface area contributed by atoms with Crippen LogP contribution in [0, 0.1) is 5.92 Å². The average molecular weight is 470 g/mol. The van der Waals surface area contributed by atoms with Crippen LogP contribution in [0.4, 0.5) is 0 Å². The van der Waals surface area contributed by atoms with Crippen molar-refractivity contribution in [3.63, 3.8) is 0 Å². The van der Waals surface area contributed by atoms with Crippen LogP contribution >= 0.6 is 0 Å². The van der Waals surface area contributed by atoms with Crippen molar-refractivity contribution in [2.24, 2.45) is 5.92 Å². The minimum atomic E-state index is -0.860. The van der Waals surface area contributed by atoms with E-state index in [-0.39, 0.29) is 17.4 Å². The molecule has 1 saturated heterocycles. The van der Waals surface area contributed by atoms with E-state index in [9.17, 15) is 14.7 Å². The van der Waals surface area contributed by atoms with Crippen LogP contribution in [0.5, 0.6) is 5.75 Å². The molecule has 2 aliphatic rings. The molecule has 6 rings (SSSR count). The fourth-order valence-corrected chi connectivity index (χ4v) is 5.81. The Labute approximate surface area is 202 Å². The molecule has 2 aromatic heterocycles. The van der Waals surface area contributed by atoms with Crippen molar-refractivity contribution in [3.8, 4) is 5.75 Å². The molecule has 4 aromatic rings. The van der Waals surface area contributed by atoms with Gasteiger partial charge in [-0.2, -0.15) is 0 Å². The predicted molar refractivity (Wildman–Crippen MR) is 133 cm³/mol. The number of nitrogens with zero attached hydrogens (tertiary/aromatic N) is 2. The molecule has 2 aliphatic heterocycles. The molecule has 0 unspecified atom stereocenters. The Kier molecular flexibility index (Phi) is 5.41. The number of benzene rings is 2. The normalized spacial score (nSPS) is 20.3. The van der Waals surface area contributed by atoms with Gasteiger partial charge in [-0.15, -0.1) is 0 Å². The van der Waals surface area contributed by atoms with E-state index in [1.54, 1.807) is 12.1 Å². The number of H-pyrrole nitrogens is 1. The molecule has 7 heteroatoms. The lowest BCUT2D eigenvalue weighted by Crippen LogP contribution is -2.49. The number of rotatable bonds is 6. The molecule has 0 saturated carbocycles. The second kappa shape index (κ2) is 8.74. The van der Waals surface area contributed by atoms with E-state index in [0.29, 0.717) is 26.2 Å². The van der Waals surface area contributed by atoms with Crippen LogP contribution < -0.4 is 10.3 Å². The van der Waals surface area contributed by atoms with Crippen molar-refractivity contribution < 1.29 is 14.6 Å². The Morgan fingerprint density at radius 3 is 2.74 bits per heavy atom. The monoisotopic (exact) mass is 469 g/mol. The number of likely N-dealkylation sites (tertiary alicyclic amines) is 1. The molecule has 7 nitrogen and oxygen atoms in total. The highest BCUT2D eigenvalue weighted by Gasteiger charge is 2.40. The molecule has 3 atom stereocenters. The van der Waals surface area contributed by atoms with Gasteiger partial charge in [-0.05, 0) is 36.1 Å². The van der Waals surface area contributed by atoms with Crippen molar-refractivity contribution in [1.82, 2.24) is 14.5 Å². The Bertz CT molecular complexity index is 1440. The molecular formula is C28H27N3O4. The first-order valence-electron chi connectivity index (χ1n) is 12.0. The molecule has 2 N–H and O–H groups in total. The summed E-state index contributed by atoms with van der Waals surface area (Å²) in [6.07, 6.45) is 2.80. The number of aliphatic carboxylic acids is 1. The first-order valence-corrected chi connectivity index (χ1v) is 12.0. The second-order valence-electron chi connectivity index (χ2n) is 9.62. The Hall–Kier alpha value is -3.84. The number of carbonyl (C=O) groups is 1. The fraction of sp³-hybridized carbons (Fsp3) is 0.286. The number of piperidine rings is 1. The predicted octanol–water partition coefficient (Wildman–Crippen LogP) is 4.15. The van der Waals surface area contributed by atoms with Gasteiger partial charge in [-0.3, -0.25) is 14.5 Å². The number of fused-ring (bicyclic) bond motifs is 5. The number of aromatic amines is 1. The number of hydrogen-bond acceptors (Lipinski definition) is 4. The summed E-state index contributed by atoms with van der Waals surface area (Å²) < 4.78 is 7.82. The fourth-order valence-electron chi connectivity index (χ4n) is 5.81. The van der Waals surface area contributed by atoms with Crippen molar-refractivity contribution in [2.45, 2.75) is 31.5 Å². The van der Waals surface area contributed by atoms with E-state index in [2.05, 4.69) is 9.88 Å². The topological polar surface area (TPSA) is 87.6 Å². The molecule has 178 valence electrons. The van der Waals surface area contributed by atoms with E-state index >= 15 is 0 Å². The van der Waals surface area contributed by atoms with Crippen molar-refractivity contribution in [1.29, 1.82) is 0 Å². The summed E-state index contributed by atoms with van der Waals surface area (Å²) >= 11 is 0. The molecule has 4 heterocycles. The minimum absolute atomic E-state index is 0.0300. The van der Waals surface area contributed by atoms with Gasteiger partial charge in [0.1, 0.15) is 18.4 Å². The Morgan fingerprint density at radius 2 is 1.91 bits per heavy atom. The average Bonchev–Trinajstić information content (AvgIpc) is 3.27. The molecule has 35 heavy (non-hydrogen) atoms. The number of nitrogens with one attached hydrogen (secondary N) is 1. The molecule has 2 bridgehead atoms. The summed E-state index contributed by atoms with van der Waals surface area (Å²) in [5, 5.41) is 11.2. The molecule has 0 aliphatic carbocycles. The first kappa shape index (κ1) is 21.7. The van der Waals surface area contributed by atoms with Crippen molar-refractivity contribution in [2.75, 3.05) is 13.1 Å². The molecule has 2 aromatic carbocycles. The summed E-state index contributed by atoms with van der Waals surface area (Å²) in [5.74, 6) is 0.282. The van der Waals surface area contributed by atoms with Gasteiger partial charge in [-0.25, -0.2) is 0 Å². The molecular weight excluding hydrogens is 442 g/mol. The quantitative estimate of drug-likeness (QED) is 0.443. The van der Waals surface area contributed by atoms with Gasteiger partial charge in [0.15, 0.2) is 0 Å². The highest BCUT2D eigenvalue weighted by atomic mass is 16.5. The van der Waals surface area contributed by atoms with Crippen LogP contribution in [0.2, 0.25) is 0 Å². The third-order valence-corrected chi connectivity index (χ3v) is 7.34. The summed E-state index contributed by atoms with van der Waals surface area (Å²) in [4.78, 5) is 30.2. The van der Waals surface area contributed by atoms with Crippen LogP contribution in [0.1, 0.15) is 35.2 Å². The number of hydrogen-bond donors (Lipinski definition) is 2. The maximum Gasteiger partial charge on any atom is 0.325 e. The second-order valence-corrected chi connectivity index (χ2v) is 9.62. The Balaban J connectivity index is 1.27. The van der Waals surface area contributed by atoms with E-state index in [1.165, 1.54) is 0 Å². The van der Waals surface area contributed by atoms with Crippen LogP contribution in [-0.4, -0.2) is 38.6 Å².